The zero-order chi connectivity index (χ0) is 26.5. The summed E-state index contributed by atoms with van der Waals surface area (Å²) in [6.45, 7) is 0. The van der Waals surface area contributed by atoms with Crippen molar-refractivity contribution >= 4 is 43.2 Å². The number of hydrogen-bond acceptors (Lipinski definition) is 2. The Labute approximate surface area is 236 Å². The molecule has 0 aliphatic rings. The lowest BCUT2D eigenvalue weighted by atomic mass is 10.00. The normalized spacial score (nSPS) is 11.5. The van der Waals surface area contributed by atoms with Gasteiger partial charge in [0.2, 0.25) is 0 Å². The van der Waals surface area contributed by atoms with Crippen molar-refractivity contribution in [2.75, 3.05) is 0 Å². The van der Waals surface area contributed by atoms with Gasteiger partial charge in [0.05, 0.1) is 22.4 Å². The monoisotopic (exact) mass is 528 g/mol. The number of nitrogens with zero attached hydrogens (tertiary/aromatic N) is 2. The molecule has 0 aliphatic carbocycles. The molecule has 0 bridgehead atoms. The largest absolute Gasteiger partial charge is 0.309 e. The second kappa shape index (κ2) is 9.33. The van der Waals surface area contributed by atoms with Gasteiger partial charge in [-0.1, -0.05) is 97.1 Å². The fraction of sp³-hybridized carbons (Fsp3) is 0. The lowest BCUT2D eigenvalue weighted by Crippen LogP contribution is -1.95. The zero-order valence-corrected chi connectivity index (χ0v) is 22.5. The number of pyridine rings is 1. The van der Waals surface area contributed by atoms with Crippen LogP contribution in [0.5, 0.6) is 0 Å². The molecule has 3 heteroatoms. The van der Waals surface area contributed by atoms with Crippen molar-refractivity contribution in [1.82, 2.24) is 9.55 Å². The summed E-state index contributed by atoms with van der Waals surface area (Å²) in [6, 6.07) is 49.6. The first kappa shape index (κ1) is 22.9. The van der Waals surface area contributed by atoms with Crippen LogP contribution in [0.3, 0.4) is 0 Å². The van der Waals surface area contributed by atoms with E-state index in [-0.39, 0.29) is 0 Å². The molecule has 0 fully saturated rings. The summed E-state index contributed by atoms with van der Waals surface area (Å²) in [6.07, 6.45) is 0. The van der Waals surface area contributed by atoms with E-state index in [1.807, 2.05) is 17.4 Å². The van der Waals surface area contributed by atoms with E-state index < -0.39 is 0 Å². The van der Waals surface area contributed by atoms with Gasteiger partial charge in [0.1, 0.15) is 0 Å². The van der Waals surface area contributed by atoms with Gasteiger partial charge in [-0.2, -0.15) is 0 Å². The third kappa shape index (κ3) is 3.75. The Hall–Kier alpha value is -4.99. The second-order valence-corrected chi connectivity index (χ2v) is 11.0. The molecule has 0 aliphatic heterocycles. The Morgan fingerprint density at radius 1 is 0.500 bits per heavy atom. The van der Waals surface area contributed by atoms with E-state index in [0.717, 1.165) is 33.8 Å². The van der Waals surface area contributed by atoms with E-state index in [1.165, 1.54) is 37.5 Å². The quantitative estimate of drug-likeness (QED) is 0.222. The first-order valence-corrected chi connectivity index (χ1v) is 14.3. The van der Waals surface area contributed by atoms with Crippen molar-refractivity contribution in [3.63, 3.8) is 0 Å². The SMILES string of the molecule is c1ccc(-c2cc(-c3ccccc3)nc(-c3ccc(-n4c5ccccc5c5c6sccc6ccc54)cc3)c2)cc1. The predicted octanol–water partition coefficient (Wildman–Crippen LogP) is 10.4. The number of hydrogen-bond donors (Lipinski definition) is 0. The third-order valence-corrected chi connectivity index (χ3v) is 8.63. The predicted molar refractivity (Wildman–Crippen MR) is 170 cm³/mol. The summed E-state index contributed by atoms with van der Waals surface area (Å²) in [4.78, 5) is 5.11. The number of thiophene rings is 1. The van der Waals surface area contributed by atoms with E-state index in [0.29, 0.717) is 0 Å². The van der Waals surface area contributed by atoms with Crippen LogP contribution in [0.1, 0.15) is 0 Å². The number of fused-ring (bicyclic) bond motifs is 5. The maximum Gasteiger partial charge on any atom is 0.0715 e. The van der Waals surface area contributed by atoms with Crippen molar-refractivity contribution in [3.8, 4) is 39.3 Å². The molecular weight excluding hydrogens is 504 g/mol. The van der Waals surface area contributed by atoms with E-state index in [1.54, 1.807) is 0 Å². The Morgan fingerprint density at radius 2 is 1.15 bits per heavy atom. The first-order chi connectivity index (χ1) is 19.8. The molecule has 3 heterocycles. The highest BCUT2D eigenvalue weighted by molar-refractivity contribution is 7.18. The molecule has 8 aromatic rings. The summed E-state index contributed by atoms with van der Waals surface area (Å²) < 4.78 is 3.73. The van der Waals surface area contributed by atoms with Crippen LogP contribution in [0.4, 0.5) is 0 Å². The van der Waals surface area contributed by atoms with Crippen molar-refractivity contribution in [3.05, 3.63) is 145 Å². The van der Waals surface area contributed by atoms with Gasteiger partial charge >= 0.3 is 0 Å². The zero-order valence-electron chi connectivity index (χ0n) is 21.7. The van der Waals surface area contributed by atoms with Gasteiger partial charge in [-0.25, -0.2) is 4.98 Å². The van der Waals surface area contributed by atoms with Crippen molar-refractivity contribution in [2.24, 2.45) is 0 Å². The van der Waals surface area contributed by atoms with Crippen LogP contribution in [0, 0.1) is 0 Å². The van der Waals surface area contributed by atoms with Gasteiger partial charge in [0.25, 0.3) is 0 Å². The van der Waals surface area contributed by atoms with Crippen LogP contribution in [0.15, 0.2) is 145 Å². The number of para-hydroxylation sites is 1. The van der Waals surface area contributed by atoms with E-state index in [2.05, 4.69) is 143 Å². The first-order valence-electron chi connectivity index (χ1n) is 13.5. The molecule has 188 valence electrons. The number of benzene rings is 5. The molecular formula is C37H24N2S. The van der Waals surface area contributed by atoms with Gasteiger partial charge in [-0.3, -0.25) is 0 Å². The molecule has 2 nitrogen and oxygen atoms in total. The average Bonchev–Trinajstić information content (AvgIpc) is 3.64. The summed E-state index contributed by atoms with van der Waals surface area (Å²) >= 11 is 1.82. The minimum absolute atomic E-state index is 0.967. The molecule has 0 spiro atoms. The molecule has 40 heavy (non-hydrogen) atoms. The Kier molecular flexibility index (Phi) is 5.35. The molecule has 8 rings (SSSR count). The van der Waals surface area contributed by atoms with Gasteiger partial charge in [0, 0.05) is 32.3 Å². The lowest BCUT2D eigenvalue weighted by molar-refractivity contribution is 1.18. The highest BCUT2D eigenvalue weighted by Crippen LogP contribution is 2.39. The second-order valence-electron chi connectivity index (χ2n) is 10.1. The van der Waals surface area contributed by atoms with E-state index >= 15 is 0 Å². The lowest BCUT2D eigenvalue weighted by Gasteiger charge is -2.12. The van der Waals surface area contributed by atoms with Crippen molar-refractivity contribution in [1.29, 1.82) is 0 Å². The standard InChI is InChI=1S/C37H24N2S/c1-3-9-25(10-4-1)29-23-32(26-11-5-2-6-12-26)38-33(24-29)27-15-18-30(19-16-27)39-34-14-8-7-13-31(34)36-35(39)20-17-28-21-22-40-37(28)36/h1-24H. The summed E-state index contributed by atoms with van der Waals surface area (Å²) in [5, 5.41) is 6.11. The minimum atomic E-state index is 0.967. The van der Waals surface area contributed by atoms with Crippen LogP contribution >= 0.6 is 11.3 Å². The van der Waals surface area contributed by atoms with Crippen molar-refractivity contribution < 1.29 is 0 Å². The highest BCUT2D eigenvalue weighted by atomic mass is 32.1. The maximum atomic E-state index is 5.11. The fourth-order valence-electron chi connectivity index (χ4n) is 5.77. The Morgan fingerprint density at radius 3 is 1.90 bits per heavy atom. The highest BCUT2D eigenvalue weighted by Gasteiger charge is 2.16. The molecule has 0 radical (unpaired) electrons. The van der Waals surface area contributed by atoms with Crippen LogP contribution < -0.4 is 0 Å². The summed E-state index contributed by atoms with van der Waals surface area (Å²) in [7, 11) is 0. The number of aromatic nitrogens is 2. The third-order valence-electron chi connectivity index (χ3n) is 7.68. The van der Waals surface area contributed by atoms with Gasteiger partial charge < -0.3 is 4.57 Å². The molecule has 5 aromatic carbocycles. The van der Waals surface area contributed by atoms with E-state index in [4.69, 9.17) is 4.98 Å². The minimum Gasteiger partial charge on any atom is -0.309 e. The van der Waals surface area contributed by atoms with Gasteiger partial charge in [-0.15, -0.1) is 11.3 Å². The van der Waals surface area contributed by atoms with E-state index in [9.17, 15) is 0 Å². The maximum absolute atomic E-state index is 5.11. The summed E-state index contributed by atoms with van der Waals surface area (Å²) in [5.74, 6) is 0. The smallest absolute Gasteiger partial charge is 0.0715 e. The molecule has 0 unspecified atom stereocenters. The van der Waals surface area contributed by atoms with Crippen LogP contribution in [0.25, 0.3) is 71.2 Å². The molecule has 3 aromatic heterocycles. The van der Waals surface area contributed by atoms with Crippen LogP contribution in [-0.2, 0) is 0 Å². The van der Waals surface area contributed by atoms with Gasteiger partial charge in [-0.05, 0) is 64.4 Å². The number of rotatable bonds is 4. The molecule has 0 saturated carbocycles. The molecule has 0 saturated heterocycles. The van der Waals surface area contributed by atoms with Crippen LogP contribution in [-0.4, -0.2) is 9.55 Å². The Bertz CT molecular complexity index is 2080. The summed E-state index contributed by atoms with van der Waals surface area (Å²) in [5.41, 5.74) is 10.1. The van der Waals surface area contributed by atoms with Crippen molar-refractivity contribution in [2.45, 2.75) is 0 Å². The molecule has 0 atom stereocenters. The molecule has 0 amide bonds. The Balaban J connectivity index is 1.28. The topological polar surface area (TPSA) is 17.8 Å². The fourth-order valence-corrected chi connectivity index (χ4v) is 6.73. The van der Waals surface area contributed by atoms with Gasteiger partial charge in [0.15, 0.2) is 0 Å². The average molecular weight is 529 g/mol. The van der Waals surface area contributed by atoms with Crippen LogP contribution in [0.2, 0.25) is 0 Å². The molecule has 0 N–H and O–H groups in total.